The standard InChI is InChI=1S/C17H28F3N5O2S/c1-11(2)12-9-15(17(18,19)20)25-16(21-12)10-13(22-25)14-7-5-6-8-24(14)28(26,27)23(3)4/h10-12,14-15,21H,5-9H2,1-4H3/t12-,14?,15+/m0/s1. The molecule has 3 rings (SSSR count). The summed E-state index contributed by atoms with van der Waals surface area (Å²) < 4.78 is 69.9. The summed E-state index contributed by atoms with van der Waals surface area (Å²) in [6.45, 7) is 4.09. The van der Waals surface area contributed by atoms with Crippen molar-refractivity contribution in [2.75, 3.05) is 26.0 Å². The fraction of sp³-hybridized carbons (Fsp3) is 0.824. The van der Waals surface area contributed by atoms with Crippen LogP contribution in [-0.2, 0) is 10.2 Å². The number of alkyl halides is 3. The molecule has 0 aliphatic carbocycles. The maximum atomic E-state index is 13.7. The fourth-order valence-electron chi connectivity index (χ4n) is 3.91. The lowest BCUT2D eigenvalue weighted by atomic mass is 9.94. The van der Waals surface area contributed by atoms with Crippen LogP contribution >= 0.6 is 0 Å². The SMILES string of the molecule is CC(C)[C@@H]1C[C@H](C(F)(F)F)n2nc(C3CCCCN3S(=O)(=O)N(C)C)cc2N1. The van der Waals surface area contributed by atoms with Crippen molar-refractivity contribution in [1.82, 2.24) is 18.4 Å². The zero-order valence-electron chi connectivity index (χ0n) is 16.6. The van der Waals surface area contributed by atoms with Gasteiger partial charge in [-0.3, -0.25) is 0 Å². The van der Waals surface area contributed by atoms with Gasteiger partial charge in [0.1, 0.15) is 5.82 Å². The summed E-state index contributed by atoms with van der Waals surface area (Å²) in [7, 11) is -0.786. The Morgan fingerprint density at radius 1 is 1.29 bits per heavy atom. The quantitative estimate of drug-likeness (QED) is 0.808. The Balaban J connectivity index is 2.00. The molecule has 1 aromatic rings. The van der Waals surface area contributed by atoms with Crippen LogP contribution in [0.2, 0.25) is 0 Å². The zero-order chi connectivity index (χ0) is 20.9. The van der Waals surface area contributed by atoms with Crippen LogP contribution in [0.1, 0.15) is 57.3 Å². The first-order chi connectivity index (χ1) is 12.9. The summed E-state index contributed by atoms with van der Waals surface area (Å²) in [6, 6.07) is -1.02. The van der Waals surface area contributed by atoms with Crippen LogP contribution in [0.4, 0.5) is 19.0 Å². The van der Waals surface area contributed by atoms with E-state index in [-0.39, 0.29) is 18.4 Å². The monoisotopic (exact) mass is 423 g/mol. The van der Waals surface area contributed by atoms with Crippen LogP contribution < -0.4 is 5.32 Å². The van der Waals surface area contributed by atoms with Gasteiger partial charge in [-0.2, -0.15) is 35.3 Å². The summed E-state index contributed by atoms with van der Waals surface area (Å²) in [4.78, 5) is 0. The molecule has 0 spiro atoms. The van der Waals surface area contributed by atoms with Crippen molar-refractivity contribution in [3.63, 3.8) is 0 Å². The number of fused-ring (bicyclic) bond motifs is 1. The van der Waals surface area contributed by atoms with Gasteiger partial charge >= 0.3 is 6.18 Å². The van der Waals surface area contributed by atoms with E-state index in [1.807, 2.05) is 13.8 Å². The van der Waals surface area contributed by atoms with Crippen molar-refractivity contribution < 1.29 is 21.6 Å². The minimum atomic E-state index is -4.42. The number of anilines is 1. The summed E-state index contributed by atoms with van der Waals surface area (Å²) in [5, 5.41) is 7.41. The maximum absolute atomic E-state index is 13.7. The molecular weight excluding hydrogens is 395 g/mol. The van der Waals surface area contributed by atoms with Gasteiger partial charge in [0.15, 0.2) is 6.04 Å². The van der Waals surface area contributed by atoms with E-state index in [0.29, 0.717) is 24.5 Å². The van der Waals surface area contributed by atoms with Crippen molar-refractivity contribution in [3.8, 4) is 0 Å². The van der Waals surface area contributed by atoms with E-state index in [4.69, 9.17) is 0 Å². The number of piperidine rings is 1. The molecule has 160 valence electrons. The van der Waals surface area contributed by atoms with E-state index >= 15 is 0 Å². The molecule has 0 radical (unpaired) electrons. The maximum Gasteiger partial charge on any atom is 0.410 e. The second-order valence-corrected chi connectivity index (χ2v) is 10.2. The molecular formula is C17H28F3N5O2S. The minimum Gasteiger partial charge on any atom is -0.367 e. The Kier molecular flexibility index (Phi) is 5.72. The van der Waals surface area contributed by atoms with Crippen molar-refractivity contribution in [2.24, 2.45) is 5.92 Å². The molecule has 0 saturated carbocycles. The molecule has 1 N–H and O–H groups in total. The summed E-state index contributed by atoms with van der Waals surface area (Å²) in [6.07, 6.45) is -2.46. The highest BCUT2D eigenvalue weighted by molar-refractivity contribution is 7.86. The van der Waals surface area contributed by atoms with Crippen molar-refractivity contribution in [1.29, 1.82) is 0 Å². The van der Waals surface area contributed by atoms with Crippen LogP contribution in [-0.4, -0.2) is 59.7 Å². The summed E-state index contributed by atoms with van der Waals surface area (Å²) in [5.41, 5.74) is 0.367. The highest BCUT2D eigenvalue weighted by atomic mass is 32.2. The third kappa shape index (κ3) is 3.88. The molecule has 7 nitrogen and oxygen atoms in total. The number of halogens is 3. The number of aromatic nitrogens is 2. The van der Waals surface area contributed by atoms with E-state index in [1.54, 1.807) is 6.07 Å². The molecule has 28 heavy (non-hydrogen) atoms. The van der Waals surface area contributed by atoms with Gasteiger partial charge < -0.3 is 5.32 Å². The third-order valence-corrected chi connectivity index (χ3v) is 7.55. The van der Waals surface area contributed by atoms with Crippen LogP contribution in [0, 0.1) is 5.92 Å². The van der Waals surface area contributed by atoms with Gasteiger partial charge in [0, 0.05) is 32.7 Å². The molecule has 11 heteroatoms. The Bertz CT molecular complexity index is 806. The number of hydrogen-bond acceptors (Lipinski definition) is 4. The Morgan fingerprint density at radius 2 is 1.96 bits per heavy atom. The van der Waals surface area contributed by atoms with Gasteiger partial charge in [-0.05, 0) is 25.2 Å². The topological polar surface area (TPSA) is 70.5 Å². The second kappa shape index (κ2) is 7.49. The first kappa shape index (κ1) is 21.4. The molecule has 3 heterocycles. The van der Waals surface area contributed by atoms with Crippen LogP contribution in [0.5, 0.6) is 0 Å². The lowest BCUT2D eigenvalue weighted by molar-refractivity contribution is -0.174. The molecule has 0 aromatic carbocycles. The Hall–Kier alpha value is -1.33. The molecule has 1 fully saturated rings. The summed E-state index contributed by atoms with van der Waals surface area (Å²) >= 11 is 0. The first-order valence-corrected chi connectivity index (χ1v) is 10.9. The highest BCUT2D eigenvalue weighted by Gasteiger charge is 2.47. The Labute approximate surface area is 164 Å². The second-order valence-electron chi connectivity index (χ2n) is 8.10. The van der Waals surface area contributed by atoms with E-state index in [9.17, 15) is 21.6 Å². The van der Waals surface area contributed by atoms with E-state index in [2.05, 4.69) is 10.4 Å². The van der Waals surface area contributed by atoms with E-state index in [1.165, 1.54) is 18.4 Å². The number of nitrogens with one attached hydrogen (secondary N) is 1. The van der Waals surface area contributed by atoms with Gasteiger partial charge in [-0.1, -0.05) is 20.3 Å². The van der Waals surface area contributed by atoms with Crippen LogP contribution in [0.25, 0.3) is 0 Å². The number of nitrogens with zero attached hydrogens (tertiary/aromatic N) is 4. The average molecular weight is 424 g/mol. The third-order valence-electron chi connectivity index (χ3n) is 5.60. The summed E-state index contributed by atoms with van der Waals surface area (Å²) in [5.74, 6) is 0.326. The van der Waals surface area contributed by atoms with E-state index < -0.39 is 28.5 Å². The van der Waals surface area contributed by atoms with Gasteiger partial charge in [-0.25, -0.2) is 4.68 Å². The molecule has 1 saturated heterocycles. The molecule has 0 bridgehead atoms. The molecule has 1 aromatic heterocycles. The smallest absolute Gasteiger partial charge is 0.367 e. The number of hydrogen-bond donors (Lipinski definition) is 1. The van der Waals surface area contributed by atoms with Gasteiger partial charge in [0.25, 0.3) is 10.2 Å². The normalized spacial score (nSPS) is 27.1. The molecule has 2 aliphatic heterocycles. The van der Waals surface area contributed by atoms with Crippen LogP contribution in [0.15, 0.2) is 6.07 Å². The van der Waals surface area contributed by atoms with Crippen molar-refractivity contribution in [3.05, 3.63) is 11.8 Å². The Morgan fingerprint density at radius 3 is 2.54 bits per heavy atom. The van der Waals surface area contributed by atoms with Gasteiger partial charge in [0.2, 0.25) is 0 Å². The lowest BCUT2D eigenvalue weighted by Gasteiger charge is -2.35. The average Bonchev–Trinajstić information content (AvgIpc) is 3.03. The first-order valence-electron chi connectivity index (χ1n) is 9.55. The van der Waals surface area contributed by atoms with Crippen molar-refractivity contribution in [2.45, 2.75) is 63.8 Å². The lowest BCUT2D eigenvalue weighted by Crippen LogP contribution is -2.44. The zero-order valence-corrected chi connectivity index (χ0v) is 17.4. The van der Waals surface area contributed by atoms with Crippen LogP contribution in [0.3, 0.4) is 0 Å². The van der Waals surface area contributed by atoms with Crippen molar-refractivity contribution >= 4 is 16.0 Å². The van der Waals surface area contributed by atoms with Gasteiger partial charge in [0.05, 0.1) is 11.7 Å². The predicted molar refractivity (Wildman–Crippen MR) is 100 cm³/mol. The highest BCUT2D eigenvalue weighted by Crippen LogP contribution is 2.42. The number of rotatable bonds is 4. The van der Waals surface area contributed by atoms with Gasteiger partial charge in [-0.15, -0.1) is 0 Å². The molecule has 1 unspecified atom stereocenters. The van der Waals surface area contributed by atoms with E-state index in [0.717, 1.165) is 21.8 Å². The predicted octanol–water partition coefficient (Wildman–Crippen LogP) is 3.16. The largest absolute Gasteiger partial charge is 0.410 e. The molecule has 3 atom stereocenters. The molecule has 2 aliphatic rings. The fourth-order valence-corrected chi connectivity index (χ4v) is 5.22. The molecule has 0 amide bonds. The minimum absolute atomic E-state index is 0.0252.